The van der Waals surface area contributed by atoms with Crippen LogP contribution >= 0.6 is 23.2 Å². The first-order valence-electron chi connectivity index (χ1n) is 9.36. The van der Waals surface area contributed by atoms with Crippen LogP contribution in [0.3, 0.4) is 0 Å². The summed E-state index contributed by atoms with van der Waals surface area (Å²) in [7, 11) is 0. The molecule has 1 unspecified atom stereocenters. The van der Waals surface area contributed by atoms with Crippen molar-refractivity contribution in [2.24, 2.45) is 0 Å². The second kappa shape index (κ2) is 7.61. The average molecular weight is 413 g/mol. The molecule has 0 radical (unpaired) electrons. The molecule has 2 heterocycles. The van der Waals surface area contributed by atoms with Gasteiger partial charge in [-0.05, 0) is 68.7 Å². The lowest BCUT2D eigenvalue weighted by Gasteiger charge is -2.37. The molecule has 0 saturated heterocycles. The van der Waals surface area contributed by atoms with Crippen LogP contribution in [-0.2, 0) is 6.42 Å². The molecule has 4 rings (SSSR count). The summed E-state index contributed by atoms with van der Waals surface area (Å²) in [4.78, 5) is 11.8. The van der Waals surface area contributed by atoms with Crippen molar-refractivity contribution in [3.8, 4) is 0 Å². The highest BCUT2D eigenvalue weighted by molar-refractivity contribution is 6.31. The number of aryl methyl sites for hydroxylation is 1. The molecule has 0 aliphatic carbocycles. The summed E-state index contributed by atoms with van der Waals surface area (Å²) in [5.74, 6) is 1.55. The number of rotatable bonds is 3. The molecule has 0 fully saturated rings. The molecular formula is C22H22Cl2N4. The largest absolute Gasteiger partial charge is 0.349 e. The van der Waals surface area contributed by atoms with Gasteiger partial charge in [-0.25, -0.2) is 4.98 Å². The van der Waals surface area contributed by atoms with E-state index in [-0.39, 0.29) is 6.04 Å². The van der Waals surface area contributed by atoms with Crippen molar-refractivity contribution in [2.75, 3.05) is 16.8 Å². The predicted octanol–water partition coefficient (Wildman–Crippen LogP) is 6.27. The summed E-state index contributed by atoms with van der Waals surface area (Å²) in [5, 5.41) is 4.85. The van der Waals surface area contributed by atoms with Crippen LogP contribution in [0, 0.1) is 13.8 Å². The fraction of sp³-hybridized carbons (Fsp3) is 0.273. The molecule has 144 valence electrons. The molecule has 4 nitrogen and oxygen atoms in total. The molecule has 1 aliphatic rings. The number of hydrogen-bond donors (Lipinski definition) is 1. The Labute approximate surface area is 175 Å². The van der Waals surface area contributed by atoms with E-state index in [4.69, 9.17) is 28.2 Å². The van der Waals surface area contributed by atoms with Crippen molar-refractivity contribution in [2.45, 2.75) is 33.2 Å². The molecule has 6 heteroatoms. The van der Waals surface area contributed by atoms with Gasteiger partial charge < -0.3 is 10.2 Å². The van der Waals surface area contributed by atoms with Crippen LogP contribution in [0.4, 0.5) is 17.5 Å². The second-order valence-electron chi connectivity index (χ2n) is 7.14. The number of benzene rings is 2. The third-order valence-corrected chi connectivity index (χ3v) is 6.02. The van der Waals surface area contributed by atoms with Crippen LogP contribution < -0.4 is 10.2 Å². The highest BCUT2D eigenvalue weighted by Crippen LogP contribution is 2.37. The molecule has 1 aromatic heterocycles. The molecule has 1 aliphatic heterocycles. The van der Waals surface area contributed by atoms with Crippen molar-refractivity contribution in [3.63, 3.8) is 0 Å². The summed E-state index contributed by atoms with van der Waals surface area (Å²) < 4.78 is 0. The SMILES string of the molecule is Cc1nc(Nc2ccc(Cl)cc2)nc(N2CCc3c(Cl)cccc3C2C)c1C. The lowest BCUT2D eigenvalue weighted by Crippen LogP contribution is -2.35. The summed E-state index contributed by atoms with van der Waals surface area (Å²) in [6.45, 7) is 7.18. The molecule has 0 amide bonds. The minimum absolute atomic E-state index is 0.193. The van der Waals surface area contributed by atoms with Gasteiger partial charge in [0.05, 0.1) is 6.04 Å². The van der Waals surface area contributed by atoms with Crippen LogP contribution in [0.25, 0.3) is 0 Å². The second-order valence-corrected chi connectivity index (χ2v) is 7.98. The minimum atomic E-state index is 0.193. The zero-order chi connectivity index (χ0) is 19.8. The standard InChI is InChI=1S/C22H22Cl2N4/c1-13-14(2)25-22(26-17-9-7-16(23)8-10-17)27-21(13)28-12-11-19-18(15(28)3)5-4-6-20(19)24/h4-10,15H,11-12H2,1-3H3,(H,25,26,27). The molecule has 1 N–H and O–H groups in total. The number of aromatic nitrogens is 2. The lowest BCUT2D eigenvalue weighted by molar-refractivity contribution is 0.614. The van der Waals surface area contributed by atoms with Crippen LogP contribution in [0.1, 0.15) is 35.3 Å². The maximum Gasteiger partial charge on any atom is 0.229 e. The van der Waals surface area contributed by atoms with Gasteiger partial charge >= 0.3 is 0 Å². The summed E-state index contributed by atoms with van der Waals surface area (Å²) in [5.41, 5.74) is 5.48. The molecule has 0 spiro atoms. The molecule has 2 aromatic carbocycles. The van der Waals surface area contributed by atoms with Crippen LogP contribution in [-0.4, -0.2) is 16.5 Å². The Balaban J connectivity index is 1.69. The Morgan fingerprint density at radius 2 is 1.79 bits per heavy atom. The van der Waals surface area contributed by atoms with Crippen LogP contribution in [0.2, 0.25) is 10.0 Å². The van der Waals surface area contributed by atoms with Gasteiger partial charge in [0.15, 0.2) is 0 Å². The van der Waals surface area contributed by atoms with E-state index < -0.39 is 0 Å². The van der Waals surface area contributed by atoms with Crippen LogP contribution in [0.5, 0.6) is 0 Å². The minimum Gasteiger partial charge on any atom is -0.349 e. The van der Waals surface area contributed by atoms with Gasteiger partial charge in [0.25, 0.3) is 0 Å². The number of halogens is 2. The van der Waals surface area contributed by atoms with E-state index in [1.54, 1.807) is 0 Å². The van der Waals surface area contributed by atoms with Crippen molar-refractivity contribution < 1.29 is 0 Å². The van der Waals surface area contributed by atoms with Crippen molar-refractivity contribution in [1.82, 2.24) is 9.97 Å². The maximum absolute atomic E-state index is 6.42. The number of anilines is 3. The Morgan fingerprint density at radius 3 is 2.54 bits per heavy atom. The Hall–Kier alpha value is -2.30. The smallest absolute Gasteiger partial charge is 0.229 e. The zero-order valence-electron chi connectivity index (χ0n) is 16.1. The zero-order valence-corrected chi connectivity index (χ0v) is 17.6. The number of fused-ring (bicyclic) bond motifs is 1. The molecule has 1 atom stereocenters. The predicted molar refractivity (Wildman–Crippen MR) is 117 cm³/mol. The maximum atomic E-state index is 6.42. The summed E-state index contributed by atoms with van der Waals surface area (Å²) >= 11 is 12.4. The van der Waals surface area contributed by atoms with E-state index >= 15 is 0 Å². The van der Waals surface area contributed by atoms with E-state index in [0.717, 1.165) is 40.8 Å². The molecular weight excluding hydrogens is 391 g/mol. The first kappa shape index (κ1) is 19.0. The fourth-order valence-corrected chi connectivity index (χ4v) is 4.13. The number of nitrogens with one attached hydrogen (secondary N) is 1. The Bertz CT molecular complexity index is 1020. The van der Waals surface area contributed by atoms with Crippen molar-refractivity contribution in [1.29, 1.82) is 0 Å². The van der Waals surface area contributed by atoms with Gasteiger partial charge in [0.1, 0.15) is 5.82 Å². The topological polar surface area (TPSA) is 41.1 Å². The van der Waals surface area contributed by atoms with Gasteiger partial charge in [-0.15, -0.1) is 0 Å². The van der Waals surface area contributed by atoms with E-state index in [9.17, 15) is 0 Å². The molecule has 0 bridgehead atoms. The normalized spacial score (nSPS) is 16.0. The highest BCUT2D eigenvalue weighted by Gasteiger charge is 2.28. The van der Waals surface area contributed by atoms with Gasteiger partial charge in [-0.1, -0.05) is 35.3 Å². The van der Waals surface area contributed by atoms with E-state index in [1.807, 2.05) is 43.3 Å². The van der Waals surface area contributed by atoms with Gasteiger partial charge in [-0.2, -0.15) is 4.98 Å². The van der Waals surface area contributed by atoms with Crippen LogP contribution in [0.15, 0.2) is 42.5 Å². The molecule has 3 aromatic rings. The summed E-state index contributed by atoms with van der Waals surface area (Å²) in [6.07, 6.45) is 0.905. The van der Waals surface area contributed by atoms with E-state index in [0.29, 0.717) is 11.0 Å². The first-order chi connectivity index (χ1) is 13.4. The third-order valence-electron chi connectivity index (χ3n) is 5.41. The number of nitrogens with zero attached hydrogens (tertiary/aromatic N) is 3. The summed E-state index contributed by atoms with van der Waals surface area (Å²) in [6, 6.07) is 13.9. The molecule has 0 saturated carbocycles. The average Bonchev–Trinajstić information content (AvgIpc) is 2.68. The van der Waals surface area contributed by atoms with Gasteiger partial charge in [0.2, 0.25) is 5.95 Å². The van der Waals surface area contributed by atoms with E-state index in [2.05, 4.69) is 35.1 Å². The van der Waals surface area contributed by atoms with Gasteiger partial charge in [-0.3, -0.25) is 0 Å². The lowest BCUT2D eigenvalue weighted by atomic mass is 9.93. The molecule has 28 heavy (non-hydrogen) atoms. The van der Waals surface area contributed by atoms with Gasteiger partial charge in [0, 0.05) is 33.5 Å². The highest BCUT2D eigenvalue weighted by atomic mass is 35.5. The number of hydrogen-bond acceptors (Lipinski definition) is 4. The quantitative estimate of drug-likeness (QED) is 0.550. The Kier molecular flexibility index (Phi) is 5.17. The van der Waals surface area contributed by atoms with E-state index in [1.165, 1.54) is 11.1 Å². The fourth-order valence-electron chi connectivity index (χ4n) is 3.73. The van der Waals surface area contributed by atoms with Crippen molar-refractivity contribution in [3.05, 3.63) is 74.9 Å². The monoisotopic (exact) mass is 412 g/mol. The Morgan fingerprint density at radius 1 is 1.04 bits per heavy atom. The van der Waals surface area contributed by atoms with Crippen molar-refractivity contribution >= 4 is 40.7 Å². The third kappa shape index (κ3) is 3.54. The first-order valence-corrected chi connectivity index (χ1v) is 10.1.